The minimum Gasteiger partial charge on any atom is -0.493 e. The summed E-state index contributed by atoms with van der Waals surface area (Å²) in [6.45, 7) is 0. The topological polar surface area (TPSA) is 67.8 Å². The molecule has 2 saturated carbocycles. The number of carboxylic acid groups (broad SMARTS) is 1. The number of methoxy groups -OCH3 is 1. The van der Waals surface area contributed by atoms with Crippen molar-refractivity contribution in [3.8, 4) is 11.5 Å². The number of carbonyl (C=O) groups is 1. The van der Waals surface area contributed by atoms with Crippen molar-refractivity contribution in [2.24, 2.45) is 0 Å². The number of rotatable bonds is 5. The Bertz CT molecular complexity index is 525. The number of amides is 1. The fourth-order valence-electron chi connectivity index (χ4n) is 3.08. The van der Waals surface area contributed by atoms with Crippen LogP contribution in [0.2, 0.25) is 0 Å². The predicted octanol–water partition coefficient (Wildman–Crippen LogP) is 3.14. The molecule has 0 unspecified atom stereocenters. The van der Waals surface area contributed by atoms with Crippen LogP contribution in [0, 0.1) is 0 Å². The highest BCUT2D eigenvalue weighted by atomic mass is 16.5. The molecule has 0 radical (unpaired) electrons. The van der Waals surface area contributed by atoms with E-state index in [1.54, 1.807) is 7.11 Å². The molecule has 2 N–H and O–H groups in total. The van der Waals surface area contributed by atoms with Crippen LogP contribution < -0.4 is 14.8 Å². The van der Waals surface area contributed by atoms with E-state index in [2.05, 4.69) is 5.32 Å². The number of ether oxygens (including phenoxy) is 2. The first-order valence-corrected chi connectivity index (χ1v) is 7.51. The Labute approximate surface area is 124 Å². The second-order valence-corrected chi connectivity index (χ2v) is 5.83. The third-order valence-corrected chi connectivity index (χ3v) is 4.31. The van der Waals surface area contributed by atoms with Gasteiger partial charge < -0.3 is 19.9 Å². The van der Waals surface area contributed by atoms with Crippen molar-refractivity contribution >= 4 is 6.09 Å². The van der Waals surface area contributed by atoms with Gasteiger partial charge in [0.1, 0.15) is 0 Å². The second-order valence-electron chi connectivity index (χ2n) is 5.83. The summed E-state index contributed by atoms with van der Waals surface area (Å²) in [6.07, 6.45) is 4.81. The van der Waals surface area contributed by atoms with Gasteiger partial charge in [0, 0.05) is 12.0 Å². The Morgan fingerprint density at radius 3 is 2.71 bits per heavy atom. The highest BCUT2D eigenvalue weighted by molar-refractivity contribution is 5.66. The van der Waals surface area contributed by atoms with E-state index in [1.165, 1.54) is 12.8 Å². The van der Waals surface area contributed by atoms with E-state index in [1.807, 2.05) is 18.2 Å². The van der Waals surface area contributed by atoms with Crippen LogP contribution in [0.15, 0.2) is 18.2 Å². The van der Waals surface area contributed by atoms with Gasteiger partial charge in [-0.1, -0.05) is 6.07 Å². The molecule has 1 aromatic rings. The Balaban J connectivity index is 1.72. The lowest BCUT2D eigenvalue weighted by atomic mass is 10.1. The molecule has 0 bridgehead atoms. The smallest absolute Gasteiger partial charge is 0.404 e. The van der Waals surface area contributed by atoms with Crippen molar-refractivity contribution in [1.82, 2.24) is 5.32 Å². The molecule has 5 nitrogen and oxygen atoms in total. The molecule has 114 valence electrons. The summed E-state index contributed by atoms with van der Waals surface area (Å²) in [5.41, 5.74) is 1.11. The van der Waals surface area contributed by atoms with Crippen LogP contribution >= 0.6 is 0 Å². The Morgan fingerprint density at radius 2 is 2.05 bits per heavy atom. The first kappa shape index (κ1) is 14.0. The minimum absolute atomic E-state index is 0.0234. The molecule has 2 fully saturated rings. The molecule has 1 aromatic carbocycles. The molecule has 0 aliphatic heterocycles. The van der Waals surface area contributed by atoms with Crippen molar-refractivity contribution < 1.29 is 19.4 Å². The average molecular weight is 291 g/mol. The van der Waals surface area contributed by atoms with Crippen molar-refractivity contribution in [3.05, 3.63) is 23.8 Å². The van der Waals surface area contributed by atoms with Gasteiger partial charge in [-0.2, -0.15) is 0 Å². The Kier molecular flexibility index (Phi) is 3.90. The van der Waals surface area contributed by atoms with E-state index >= 15 is 0 Å². The number of hydrogen-bond acceptors (Lipinski definition) is 3. The SMILES string of the molecule is COc1ccc([C@@H]2C[C@H]2NC(=O)O)cc1OC1CCCC1. The zero-order valence-electron chi connectivity index (χ0n) is 12.2. The second kappa shape index (κ2) is 5.84. The molecular formula is C16H21NO4. The third-order valence-electron chi connectivity index (χ3n) is 4.31. The zero-order chi connectivity index (χ0) is 14.8. The molecule has 0 saturated heterocycles. The molecule has 0 heterocycles. The normalized spacial score (nSPS) is 24.6. The molecule has 1 amide bonds. The third kappa shape index (κ3) is 3.23. The first-order chi connectivity index (χ1) is 10.2. The predicted molar refractivity (Wildman–Crippen MR) is 78.2 cm³/mol. The number of hydrogen-bond donors (Lipinski definition) is 2. The number of nitrogens with one attached hydrogen (secondary N) is 1. The number of benzene rings is 1. The van der Waals surface area contributed by atoms with Gasteiger partial charge in [-0.3, -0.25) is 0 Å². The van der Waals surface area contributed by atoms with E-state index in [0.29, 0.717) is 0 Å². The summed E-state index contributed by atoms with van der Waals surface area (Å²) in [5.74, 6) is 1.77. The van der Waals surface area contributed by atoms with Crippen LogP contribution in [0.3, 0.4) is 0 Å². The molecule has 2 atom stereocenters. The monoisotopic (exact) mass is 291 g/mol. The maximum atomic E-state index is 10.7. The Hall–Kier alpha value is -1.91. The highest BCUT2D eigenvalue weighted by Crippen LogP contribution is 2.44. The highest BCUT2D eigenvalue weighted by Gasteiger charge is 2.40. The summed E-state index contributed by atoms with van der Waals surface area (Å²) in [7, 11) is 1.64. The molecule has 21 heavy (non-hydrogen) atoms. The van der Waals surface area contributed by atoms with Gasteiger partial charge in [-0.25, -0.2) is 4.79 Å². The van der Waals surface area contributed by atoms with Crippen molar-refractivity contribution in [1.29, 1.82) is 0 Å². The van der Waals surface area contributed by atoms with Gasteiger partial charge in [0.2, 0.25) is 0 Å². The van der Waals surface area contributed by atoms with E-state index in [4.69, 9.17) is 14.6 Å². The van der Waals surface area contributed by atoms with E-state index < -0.39 is 6.09 Å². The van der Waals surface area contributed by atoms with Gasteiger partial charge in [0.25, 0.3) is 0 Å². The van der Waals surface area contributed by atoms with Crippen LogP contribution in [-0.4, -0.2) is 30.5 Å². The first-order valence-electron chi connectivity index (χ1n) is 7.51. The van der Waals surface area contributed by atoms with Gasteiger partial charge in [0.15, 0.2) is 11.5 Å². The standard InChI is InChI=1S/C16H21NO4/c1-20-14-7-6-10(12-9-13(12)17-16(18)19)8-15(14)21-11-4-2-3-5-11/h6-8,11-13,17H,2-5,9H2,1H3,(H,18,19)/t12-,13+/m0/s1. The van der Waals surface area contributed by atoms with Gasteiger partial charge in [-0.05, 0) is 49.8 Å². The van der Waals surface area contributed by atoms with Gasteiger partial charge in [0.05, 0.1) is 13.2 Å². The molecule has 2 aliphatic rings. The Morgan fingerprint density at radius 1 is 1.29 bits per heavy atom. The lowest BCUT2D eigenvalue weighted by molar-refractivity contribution is 0.193. The molecule has 0 aromatic heterocycles. The van der Waals surface area contributed by atoms with Gasteiger partial charge >= 0.3 is 6.09 Å². The fraction of sp³-hybridized carbons (Fsp3) is 0.562. The summed E-state index contributed by atoms with van der Waals surface area (Å²) < 4.78 is 11.4. The molecule has 3 rings (SSSR count). The lowest BCUT2D eigenvalue weighted by Gasteiger charge is -2.17. The largest absolute Gasteiger partial charge is 0.493 e. The van der Waals surface area contributed by atoms with E-state index in [9.17, 15) is 4.79 Å². The van der Waals surface area contributed by atoms with Crippen LogP contribution in [0.1, 0.15) is 43.6 Å². The maximum absolute atomic E-state index is 10.7. The lowest BCUT2D eigenvalue weighted by Crippen LogP contribution is -2.24. The van der Waals surface area contributed by atoms with Crippen molar-refractivity contribution in [2.75, 3.05) is 7.11 Å². The quantitative estimate of drug-likeness (QED) is 0.874. The fourth-order valence-corrected chi connectivity index (χ4v) is 3.08. The van der Waals surface area contributed by atoms with Crippen molar-refractivity contribution in [3.63, 3.8) is 0 Å². The zero-order valence-corrected chi connectivity index (χ0v) is 12.2. The van der Waals surface area contributed by atoms with Crippen molar-refractivity contribution in [2.45, 2.75) is 50.2 Å². The summed E-state index contributed by atoms with van der Waals surface area (Å²) in [5, 5.41) is 11.3. The van der Waals surface area contributed by atoms with E-state index in [0.717, 1.165) is 36.3 Å². The van der Waals surface area contributed by atoms with Crippen LogP contribution in [0.5, 0.6) is 11.5 Å². The van der Waals surface area contributed by atoms with Crippen LogP contribution in [-0.2, 0) is 0 Å². The van der Waals surface area contributed by atoms with Crippen LogP contribution in [0.4, 0.5) is 4.79 Å². The maximum Gasteiger partial charge on any atom is 0.404 e. The average Bonchev–Trinajstić information content (AvgIpc) is 3.01. The molecule has 5 heteroatoms. The summed E-state index contributed by atoms with van der Waals surface area (Å²) in [4.78, 5) is 10.7. The van der Waals surface area contributed by atoms with Crippen LogP contribution in [0.25, 0.3) is 0 Å². The summed E-state index contributed by atoms with van der Waals surface area (Å²) in [6, 6.07) is 5.94. The minimum atomic E-state index is -0.960. The van der Waals surface area contributed by atoms with E-state index in [-0.39, 0.29) is 18.1 Å². The molecular weight excluding hydrogens is 270 g/mol. The molecule has 2 aliphatic carbocycles. The van der Waals surface area contributed by atoms with Gasteiger partial charge in [-0.15, -0.1) is 0 Å². The molecule has 0 spiro atoms. The summed E-state index contributed by atoms with van der Waals surface area (Å²) >= 11 is 0.